The molecule has 47 heavy (non-hydrogen) atoms. The molecule has 4 aromatic rings. The zero-order valence-electron chi connectivity index (χ0n) is 27.6. The van der Waals surface area contributed by atoms with Gasteiger partial charge in [0.25, 0.3) is 11.8 Å². The second kappa shape index (κ2) is 14.4. The number of fused-ring (bicyclic) bond motifs is 2. The molecule has 2 aromatic heterocycles. The quantitative estimate of drug-likeness (QED) is 0.265. The molecule has 1 aliphatic heterocycles. The van der Waals surface area contributed by atoms with Gasteiger partial charge < -0.3 is 24.7 Å². The topological polar surface area (TPSA) is 119 Å². The third-order valence-electron chi connectivity index (χ3n) is 9.07. The highest BCUT2D eigenvalue weighted by molar-refractivity contribution is 6.11. The lowest BCUT2D eigenvalue weighted by Gasteiger charge is -2.25. The lowest BCUT2D eigenvalue weighted by Crippen LogP contribution is -2.40. The molecule has 10 heteroatoms. The summed E-state index contributed by atoms with van der Waals surface area (Å²) in [6, 6.07) is 15.1. The normalized spacial score (nSPS) is 17.6. The maximum absolute atomic E-state index is 14.5. The summed E-state index contributed by atoms with van der Waals surface area (Å²) >= 11 is 0. The first kappa shape index (κ1) is 32.3. The van der Waals surface area contributed by atoms with E-state index in [1.165, 1.54) is 0 Å². The van der Waals surface area contributed by atoms with E-state index in [4.69, 9.17) is 14.3 Å². The predicted octanol–water partition coefficient (Wildman–Crippen LogP) is 5.77. The van der Waals surface area contributed by atoms with Crippen molar-refractivity contribution in [1.29, 1.82) is 0 Å². The molecule has 2 aromatic carbocycles. The Morgan fingerprint density at radius 2 is 1.89 bits per heavy atom. The van der Waals surface area contributed by atoms with Crippen molar-refractivity contribution in [2.45, 2.75) is 78.3 Å². The molecule has 248 valence electrons. The lowest BCUT2D eigenvalue weighted by molar-refractivity contribution is -0.122. The molecule has 0 saturated carbocycles. The van der Waals surface area contributed by atoms with E-state index in [1.807, 2.05) is 60.1 Å². The maximum atomic E-state index is 14.5. The Labute approximate surface area is 275 Å². The van der Waals surface area contributed by atoms with Crippen molar-refractivity contribution in [2.75, 3.05) is 26.2 Å². The Bertz CT molecular complexity index is 1740. The Morgan fingerprint density at radius 1 is 1.09 bits per heavy atom. The van der Waals surface area contributed by atoms with Crippen LogP contribution in [0.2, 0.25) is 0 Å². The van der Waals surface area contributed by atoms with Gasteiger partial charge in [-0.05, 0) is 69.6 Å². The van der Waals surface area contributed by atoms with Gasteiger partial charge in [-0.2, -0.15) is 5.10 Å². The zero-order chi connectivity index (χ0) is 32.9. The Hall–Kier alpha value is -4.60. The monoisotopic (exact) mass is 639 g/mol. The number of aryl methyl sites for hydroxylation is 1. The largest absolute Gasteiger partial charge is 0.494 e. The first-order chi connectivity index (χ1) is 22.8. The number of carbonyl (C=O) groups is 3. The highest BCUT2D eigenvalue weighted by Crippen LogP contribution is 2.36. The summed E-state index contributed by atoms with van der Waals surface area (Å²) in [5, 5.41) is 11.7. The molecule has 1 atom stereocenters. The highest BCUT2D eigenvalue weighted by Gasteiger charge is 2.31. The van der Waals surface area contributed by atoms with E-state index < -0.39 is 0 Å². The summed E-state index contributed by atoms with van der Waals surface area (Å²) in [7, 11) is 0. The summed E-state index contributed by atoms with van der Waals surface area (Å²) in [6.07, 6.45) is 4.51. The van der Waals surface area contributed by atoms with Crippen LogP contribution >= 0.6 is 0 Å². The highest BCUT2D eigenvalue weighted by atomic mass is 16.5. The number of furan rings is 1. The van der Waals surface area contributed by atoms with Gasteiger partial charge in [0.15, 0.2) is 5.69 Å². The van der Waals surface area contributed by atoms with Crippen molar-refractivity contribution in [3.05, 3.63) is 71.0 Å². The number of amides is 3. The van der Waals surface area contributed by atoms with Gasteiger partial charge in [-0.25, -0.2) is 0 Å². The third kappa shape index (κ3) is 7.21. The molecule has 0 spiro atoms. The van der Waals surface area contributed by atoms with Gasteiger partial charge >= 0.3 is 0 Å². The summed E-state index contributed by atoms with van der Waals surface area (Å²) in [4.78, 5) is 42.9. The van der Waals surface area contributed by atoms with Gasteiger partial charge in [0, 0.05) is 60.8 Å². The second-order valence-corrected chi connectivity index (χ2v) is 13.0. The standard InChI is InChI=1S/C37H45N5O5/c1-4-46-27-14-16-31-29(23-27)33(35(47-31)25-10-6-5-7-11-25)37(45)41-19-8-12-32(43)39-26-13-15-30-28(22-26)34(36(44)38-18-9-20-41)40-42(30)21-17-24(2)3/h5-7,10-11,14,16,23-24,26H,4,8-9,12-13,15,17-22H2,1-3H3,(H,38,44)(H,39,43). The zero-order valence-corrected chi connectivity index (χ0v) is 27.6. The van der Waals surface area contributed by atoms with E-state index >= 15 is 0 Å². The molecule has 0 radical (unpaired) electrons. The van der Waals surface area contributed by atoms with Crippen LogP contribution in [-0.2, 0) is 24.2 Å². The summed E-state index contributed by atoms with van der Waals surface area (Å²) < 4.78 is 14.1. The van der Waals surface area contributed by atoms with Crippen LogP contribution in [0.25, 0.3) is 22.3 Å². The molecule has 1 unspecified atom stereocenters. The van der Waals surface area contributed by atoms with Crippen LogP contribution in [0.5, 0.6) is 5.75 Å². The molecule has 3 heterocycles. The molecule has 10 nitrogen and oxygen atoms in total. The van der Waals surface area contributed by atoms with Crippen LogP contribution in [0.3, 0.4) is 0 Å². The van der Waals surface area contributed by atoms with E-state index in [0.717, 1.165) is 42.6 Å². The molecule has 2 aliphatic rings. The van der Waals surface area contributed by atoms with Gasteiger partial charge in [-0.15, -0.1) is 0 Å². The first-order valence-electron chi connectivity index (χ1n) is 17.0. The Kier molecular flexibility index (Phi) is 9.94. The first-order valence-corrected chi connectivity index (χ1v) is 17.0. The minimum Gasteiger partial charge on any atom is -0.494 e. The number of carbonyl (C=O) groups excluding carboxylic acids is 3. The fraction of sp³-hybridized carbons (Fsp3) is 0.459. The van der Waals surface area contributed by atoms with Crippen LogP contribution in [0.15, 0.2) is 52.9 Å². The predicted molar refractivity (Wildman–Crippen MR) is 181 cm³/mol. The molecular weight excluding hydrogens is 594 g/mol. The van der Waals surface area contributed by atoms with E-state index in [9.17, 15) is 14.4 Å². The van der Waals surface area contributed by atoms with Crippen LogP contribution in [0.4, 0.5) is 0 Å². The minimum absolute atomic E-state index is 0.0426. The van der Waals surface area contributed by atoms with Crippen molar-refractivity contribution in [3.63, 3.8) is 0 Å². The van der Waals surface area contributed by atoms with Crippen molar-refractivity contribution >= 4 is 28.7 Å². The van der Waals surface area contributed by atoms with Gasteiger partial charge in [0.05, 0.1) is 12.2 Å². The molecule has 0 saturated heterocycles. The smallest absolute Gasteiger partial charge is 0.272 e. The average Bonchev–Trinajstić information content (AvgIpc) is 3.63. The average molecular weight is 640 g/mol. The van der Waals surface area contributed by atoms with E-state index in [2.05, 4.69) is 24.5 Å². The molecule has 2 N–H and O–H groups in total. The van der Waals surface area contributed by atoms with E-state index in [1.54, 1.807) is 4.90 Å². The van der Waals surface area contributed by atoms with Crippen LogP contribution in [-0.4, -0.2) is 64.7 Å². The number of aromatic nitrogens is 2. The van der Waals surface area contributed by atoms with Gasteiger partial charge in [0.1, 0.15) is 17.1 Å². The minimum atomic E-state index is -0.208. The number of rotatable bonds is 7. The Morgan fingerprint density at radius 3 is 2.68 bits per heavy atom. The molecule has 3 amide bonds. The van der Waals surface area contributed by atoms with Crippen LogP contribution in [0, 0.1) is 5.92 Å². The third-order valence-corrected chi connectivity index (χ3v) is 9.07. The van der Waals surface area contributed by atoms with Gasteiger partial charge in [-0.1, -0.05) is 44.2 Å². The van der Waals surface area contributed by atoms with Crippen molar-refractivity contribution in [3.8, 4) is 17.1 Å². The van der Waals surface area contributed by atoms with Crippen molar-refractivity contribution in [2.24, 2.45) is 5.92 Å². The number of nitrogens with zero attached hydrogens (tertiary/aromatic N) is 3. The number of hydrogen-bond donors (Lipinski definition) is 2. The Balaban J connectivity index is 1.28. The summed E-state index contributed by atoms with van der Waals surface area (Å²) in [6.45, 7) is 8.74. The fourth-order valence-electron chi connectivity index (χ4n) is 6.66. The van der Waals surface area contributed by atoms with Crippen LogP contribution < -0.4 is 15.4 Å². The SMILES string of the molecule is CCOc1ccc2oc(-c3ccccc3)c(C(=O)N3CCCNC(=O)c4nn(CCC(C)C)c5c4CC(CC5)NC(=O)CCC3)c2c1. The van der Waals surface area contributed by atoms with E-state index in [-0.39, 0.29) is 23.8 Å². The lowest BCUT2D eigenvalue weighted by atomic mass is 9.91. The number of ether oxygens (including phenoxy) is 1. The van der Waals surface area contributed by atoms with Gasteiger partial charge in [-0.3, -0.25) is 19.1 Å². The van der Waals surface area contributed by atoms with Gasteiger partial charge in [0.2, 0.25) is 5.91 Å². The number of benzene rings is 2. The van der Waals surface area contributed by atoms with Crippen molar-refractivity contribution < 1.29 is 23.5 Å². The molecule has 0 fully saturated rings. The van der Waals surface area contributed by atoms with Crippen LogP contribution in [0.1, 0.15) is 85.0 Å². The fourth-order valence-corrected chi connectivity index (χ4v) is 6.66. The van der Waals surface area contributed by atoms with E-state index in [0.29, 0.717) is 91.6 Å². The molecular formula is C37H45N5O5. The number of nitrogens with one attached hydrogen (secondary N) is 2. The molecule has 2 bridgehead atoms. The maximum Gasteiger partial charge on any atom is 0.272 e. The summed E-state index contributed by atoms with van der Waals surface area (Å²) in [5.41, 5.74) is 4.37. The second-order valence-electron chi connectivity index (χ2n) is 13.0. The number of hydrogen-bond acceptors (Lipinski definition) is 6. The molecule has 6 rings (SSSR count). The van der Waals surface area contributed by atoms with Crippen molar-refractivity contribution in [1.82, 2.24) is 25.3 Å². The molecule has 1 aliphatic carbocycles. The summed E-state index contributed by atoms with van der Waals surface area (Å²) in [5.74, 6) is 1.25.